The van der Waals surface area contributed by atoms with Gasteiger partial charge in [-0.3, -0.25) is 0 Å². The second-order valence-electron chi connectivity index (χ2n) is 3.67. The summed E-state index contributed by atoms with van der Waals surface area (Å²) in [6.07, 6.45) is -1.79. The van der Waals surface area contributed by atoms with Crippen LogP contribution < -0.4 is 0 Å². The van der Waals surface area contributed by atoms with E-state index in [1.54, 1.807) is 0 Å². The number of hydrogen-bond donors (Lipinski definition) is 4. The third-order valence-electron chi connectivity index (χ3n) is 2.33. The average Bonchev–Trinajstić information content (AvgIpc) is 2.39. The highest BCUT2D eigenvalue weighted by Gasteiger charge is 2.32. The van der Waals surface area contributed by atoms with Crippen molar-refractivity contribution in [1.82, 2.24) is 0 Å². The molecule has 0 saturated carbocycles. The summed E-state index contributed by atoms with van der Waals surface area (Å²) in [5.74, 6) is 0. The summed E-state index contributed by atoms with van der Waals surface area (Å²) in [6.45, 7) is 6.20. The van der Waals surface area contributed by atoms with E-state index in [9.17, 15) is 10.2 Å². The Bertz CT molecular complexity index is 209. The minimum atomic E-state index is -1.38. The molecule has 0 aromatic carbocycles. The van der Waals surface area contributed by atoms with Gasteiger partial charge in [0.2, 0.25) is 0 Å². The summed E-state index contributed by atoms with van der Waals surface area (Å²) in [4.78, 5) is 0. The van der Waals surface area contributed by atoms with Crippen molar-refractivity contribution >= 4 is 0 Å². The van der Waals surface area contributed by atoms with Crippen LogP contribution in [0.2, 0.25) is 0 Å². The van der Waals surface area contributed by atoms with E-state index in [4.69, 9.17) is 19.7 Å². The van der Waals surface area contributed by atoms with Crippen molar-refractivity contribution in [1.29, 1.82) is 0 Å². The second-order valence-corrected chi connectivity index (χ2v) is 3.67. The molecule has 106 valence electrons. The third kappa shape index (κ3) is 5.72. The van der Waals surface area contributed by atoms with Crippen molar-refractivity contribution in [3.8, 4) is 0 Å². The summed E-state index contributed by atoms with van der Waals surface area (Å²) >= 11 is 0. The zero-order chi connectivity index (χ0) is 14.0. The van der Waals surface area contributed by atoms with Crippen molar-refractivity contribution in [3.05, 3.63) is 25.3 Å². The molecule has 0 fully saturated rings. The summed E-state index contributed by atoms with van der Waals surface area (Å²) < 4.78 is 10.2. The number of rotatable bonds is 11. The topological polar surface area (TPSA) is 99.4 Å². The Kier molecular flexibility index (Phi) is 9.76. The number of hydrogen-bond acceptors (Lipinski definition) is 6. The molecule has 18 heavy (non-hydrogen) atoms. The van der Waals surface area contributed by atoms with E-state index < -0.39 is 37.6 Å². The Labute approximate surface area is 107 Å². The Morgan fingerprint density at radius 3 is 1.39 bits per heavy atom. The molecule has 4 N–H and O–H groups in total. The van der Waals surface area contributed by atoms with Crippen molar-refractivity contribution in [2.24, 2.45) is 0 Å². The molecule has 0 aromatic heterocycles. The maximum atomic E-state index is 9.82. The zero-order valence-electron chi connectivity index (χ0n) is 10.3. The van der Waals surface area contributed by atoms with E-state index in [1.807, 2.05) is 0 Å². The van der Waals surface area contributed by atoms with Gasteiger partial charge in [-0.1, -0.05) is 12.2 Å². The lowest BCUT2D eigenvalue weighted by atomic mass is 10.0. The lowest BCUT2D eigenvalue weighted by Crippen LogP contribution is -2.49. The predicted molar refractivity (Wildman–Crippen MR) is 66.1 cm³/mol. The van der Waals surface area contributed by atoms with Crippen LogP contribution in [0.15, 0.2) is 25.3 Å². The van der Waals surface area contributed by atoms with Crippen molar-refractivity contribution in [3.63, 3.8) is 0 Å². The molecule has 0 radical (unpaired) electrons. The first-order valence-corrected chi connectivity index (χ1v) is 5.65. The van der Waals surface area contributed by atoms with Crippen LogP contribution in [0.1, 0.15) is 0 Å². The summed E-state index contributed by atoms with van der Waals surface area (Å²) in [7, 11) is 0. The first-order valence-electron chi connectivity index (χ1n) is 5.65. The molecule has 0 unspecified atom stereocenters. The maximum Gasteiger partial charge on any atom is 0.111 e. The summed E-state index contributed by atoms with van der Waals surface area (Å²) in [5.41, 5.74) is 0. The lowest BCUT2D eigenvalue weighted by Gasteiger charge is -2.29. The molecule has 0 saturated heterocycles. The van der Waals surface area contributed by atoms with Crippen molar-refractivity contribution in [2.75, 3.05) is 26.4 Å². The van der Waals surface area contributed by atoms with Crippen LogP contribution in [0.25, 0.3) is 0 Å². The SMILES string of the molecule is C=CCO[C@H](CO)[C@@H](O)[C@H](O)[C@@H](CO)OCC=C. The molecule has 0 rings (SSSR count). The van der Waals surface area contributed by atoms with E-state index in [0.717, 1.165) is 0 Å². The van der Waals surface area contributed by atoms with E-state index >= 15 is 0 Å². The van der Waals surface area contributed by atoms with Gasteiger partial charge in [-0.25, -0.2) is 0 Å². The second kappa shape index (κ2) is 10.2. The third-order valence-corrected chi connectivity index (χ3v) is 2.33. The molecule has 0 amide bonds. The van der Waals surface area contributed by atoms with Gasteiger partial charge in [0.1, 0.15) is 24.4 Å². The smallest absolute Gasteiger partial charge is 0.111 e. The van der Waals surface area contributed by atoms with E-state index in [2.05, 4.69) is 13.2 Å². The van der Waals surface area contributed by atoms with Gasteiger partial charge in [-0.2, -0.15) is 0 Å². The molecule has 0 bridgehead atoms. The molecular weight excluding hydrogens is 240 g/mol. The first-order chi connectivity index (χ1) is 8.62. The Morgan fingerprint density at radius 1 is 0.833 bits per heavy atom. The minimum absolute atomic E-state index is 0.131. The Morgan fingerprint density at radius 2 is 1.17 bits per heavy atom. The van der Waals surface area contributed by atoms with Gasteiger partial charge < -0.3 is 29.9 Å². The molecule has 6 heteroatoms. The fourth-order valence-electron chi connectivity index (χ4n) is 1.34. The number of ether oxygens (including phenoxy) is 2. The molecule has 0 aliphatic rings. The van der Waals surface area contributed by atoms with Crippen LogP contribution in [-0.4, -0.2) is 71.3 Å². The normalized spacial score (nSPS) is 17.8. The van der Waals surface area contributed by atoms with Crippen LogP contribution >= 0.6 is 0 Å². The standard InChI is InChI=1S/C12H22O6/c1-3-5-17-9(7-13)11(15)12(16)10(8-14)18-6-4-2/h3-4,9-16H,1-2,5-8H2/t9-,10-,11-,12-/m1/s1. The van der Waals surface area contributed by atoms with E-state index in [0.29, 0.717) is 0 Å². The Balaban J connectivity index is 4.44. The van der Waals surface area contributed by atoms with E-state index in [-0.39, 0.29) is 13.2 Å². The van der Waals surface area contributed by atoms with E-state index in [1.165, 1.54) is 12.2 Å². The van der Waals surface area contributed by atoms with Crippen LogP contribution in [0.3, 0.4) is 0 Å². The highest BCUT2D eigenvalue weighted by Crippen LogP contribution is 2.11. The van der Waals surface area contributed by atoms with Gasteiger partial charge in [0.05, 0.1) is 26.4 Å². The van der Waals surface area contributed by atoms with Crippen LogP contribution in [0, 0.1) is 0 Å². The molecular formula is C12H22O6. The summed E-state index contributed by atoms with van der Waals surface area (Å²) in [5, 5.41) is 37.7. The maximum absolute atomic E-state index is 9.82. The predicted octanol–water partition coefficient (Wildman–Crippen LogP) is -1.16. The van der Waals surface area contributed by atoms with Crippen LogP contribution in [0.5, 0.6) is 0 Å². The highest BCUT2D eigenvalue weighted by molar-refractivity contribution is 4.84. The lowest BCUT2D eigenvalue weighted by molar-refractivity contribution is -0.148. The fourth-order valence-corrected chi connectivity index (χ4v) is 1.34. The van der Waals surface area contributed by atoms with Gasteiger partial charge >= 0.3 is 0 Å². The summed E-state index contributed by atoms with van der Waals surface area (Å²) in [6, 6.07) is 0. The largest absolute Gasteiger partial charge is 0.394 e. The quantitative estimate of drug-likeness (QED) is 0.350. The van der Waals surface area contributed by atoms with Gasteiger partial charge in [0.15, 0.2) is 0 Å². The average molecular weight is 262 g/mol. The molecule has 6 nitrogen and oxygen atoms in total. The molecule has 0 aromatic rings. The van der Waals surface area contributed by atoms with Crippen molar-refractivity contribution < 1.29 is 29.9 Å². The van der Waals surface area contributed by atoms with Gasteiger partial charge in [-0.05, 0) is 0 Å². The molecule has 0 aliphatic carbocycles. The van der Waals surface area contributed by atoms with Crippen molar-refractivity contribution in [2.45, 2.75) is 24.4 Å². The van der Waals surface area contributed by atoms with Crippen LogP contribution in [0.4, 0.5) is 0 Å². The van der Waals surface area contributed by atoms with Crippen LogP contribution in [-0.2, 0) is 9.47 Å². The van der Waals surface area contributed by atoms with Gasteiger partial charge in [0, 0.05) is 0 Å². The molecule has 0 spiro atoms. The molecule has 0 heterocycles. The molecule has 4 atom stereocenters. The molecule has 0 aliphatic heterocycles. The Hall–Kier alpha value is -0.760. The number of aliphatic hydroxyl groups is 4. The van der Waals surface area contributed by atoms with Gasteiger partial charge in [0.25, 0.3) is 0 Å². The fraction of sp³-hybridized carbons (Fsp3) is 0.667. The minimum Gasteiger partial charge on any atom is -0.394 e. The zero-order valence-corrected chi connectivity index (χ0v) is 10.3. The highest BCUT2D eigenvalue weighted by atomic mass is 16.5. The monoisotopic (exact) mass is 262 g/mol. The first kappa shape index (κ1) is 17.2. The van der Waals surface area contributed by atoms with Gasteiger partial charge in [-0.15, -0.1) is 13.2 Å². The number of aliphatic hydroxyl groups excluding tert-OH is 4.